The Balaban J connectivity index is 1.47. The second-order valence-electron chi connectivity index (χ2n) is 8.95. The Hall–Kier alpha value is -5.35. The number of benzene rings is 4. The molecule has 41 heavy (non-hydrogen) atoms. The summed E-state index contributed by atoms with van der Waals surface area (Å²) in [6, 6.07) is 35.7. The lowest BCUT2D eigenvalue weighted by atomic mass is 9.77. The van der Waals surface area contributed by atoms with Crippen molar-refractivity contribution >= 4 is 33.8 Å². The van der Waals surface area contributed by atoms with Gasteiger partial charge in [-0.2, -0.15) is 0 Å². The van der Waals surface area contributed by atoms with E-state index in [4.69, 9.17) is 4.84 Å². The third-order valence-corrected chi connectivity index (χ3v) is 7.16. The minimum absolute atomic E-state index is 0.0523. The number of hydrogen-bond acceptors (Lipinski definition) is 8. The van der Waals surface area contributed by atoms with Gasteiger partial charge in [-0.15, -0.1) is 11.3 Å². The van der Waals surface area contributed by atoms with E-state index in [9.17, 15) is 20.0 Å². The van der Waals surface area contributed by atoms with Gasteiger partial charge in [0.05, 0.1) is 4.92 Å². The standard InChI is InChI=1S/C31H24N4O5S/c36-29(37)28(34-40-20-22-16-18-26(19-17-22)35(38)39)27-21-41-30(32-27)33-31(23-10-4-1-5-11-23,24-12-6-2-7-13-24)25-14-8-3-9-15-25/h1-19,21H,20H2,(H,32,33)(H,36,37). The number of aliphatic carboxylic acids is 1. The van der Waals surface area contributed by atoms with Crippen LogP contribution in [0.5, 0.6) is 0 Å². The first-order valence-corrected chi connectivity index (χ1v) is 13.4. The Morgan fingerprint density at radius 3 is 1.85 bits per heavy atom. The molecular weight excluding hydrogens is 540 g/mol. The van der Waals surface area contributed by atoms with Crippen molar-refractivity contribution in [3.8, 4) is 0 Å². The first-order chi connectivity index (χ1) is 20.0. The molecule has 0 spiro atoms. The number of carbonyl (C=O) groups is 1. The van der Waals surface area contributed by atoms with Gasteiger partial charge in [0.2, 0.25) is 5.71 Å². The maximum Gasteiger partial charge on any atom is 0.360 e. The molecule has 0 bridgehead atoms. The molecule has 5 rings (SSSR count). The van der Waals surface area contributed by atoms with Crippen LogP contribution in [0, 0.1) is 10.1 Å². The van der Waals surface area contributed by atoms with Crippen LogP contribution in [0.15, 0.2) is 126 Å². The predicted molar refractivity (Wildman–Crippen MR) is 157 cm³/mol. The number of nitro benzene ring substituents is 1. The summed E-state index contributed by atoms with van der Waals surface area (Å²) in [6.07, 6.45) is 0. The van der Waals surface area contributed by atoms with Crippen molar-refractivity contribution in [1.29, 1.82) is 0 Å². The first kappa shape index (κ1) is 27.2. The molecule has 0 unspecified atom stereocenters. The van der Waals surface area contributed by atoms with E-state index in [-0.39, 0.29) is 23.7 Å². The number of nitrogens with zero attached hydrogens (tertiary/aromatic N) is 3. The fraction of sp³-hybridized carbons (Fsp3) is 0.0645. The van der Waals surface area contributed by atoms with E-state index in [0.29, 0.717) is 10.7 Å². The minimum atomic E-state index is -1.30. The van der Waals surface area contributed by atoms with Crippen molar-refractivity contribution in [2.24, 2.45) is 5.16 Å². The molecular formula is C31H24N4O5S. The molecule has 0 amide bonds. The second kappa shape index (κ2) is 12.2. The normalized spacial score (nSPS) is 11.6. The SMILES string of the molecule is O=C(O)C(=NOCc1ccc([N+](=O)[O-])cc1)c1csc(NC(c2ccccc2)(c2ccccc2)c2ccccc2)n1. The molecule has 204 valence electrons. The lowest BCUT2D eigenvalue weighted by Crippen LogP contribution is -2.38. The summed E-state index contributed by atoms with van der Waals surface area (Å²) in [6.45, 7) is -0.0663. The van der Waals surface area contributed by atoms with Gasteiger partial charge in [-0.25, -0.2) is 9.78 Å². The van der Waals surface area contributed by atoms with E-state index < -0.39 is 16.4 Å². The van der Waals surface area contributed by atoms with Crippen LogP contribution in [-0.2, 0) is 21.8 Å². The van der Waals surface area contributed by atoms with Gasteiger partial charge < -0.3 is 15.3 Å². The van der Waals surface area contributed by atoms with Crippen LogP contribution in [0.1, 0.15) is 27.9 Å². The van der Waals surface area contributed by atoms with Crippen LogP contribution in [0.3, 0.4) is 0 Å². The third kappa shape index (κ3) is 5.97. The largest absolute Gasteiger partial charge is 0.476 e. The summed E-state index contributed by atoms with van der Waals surface area (Å²) in [5.74, 6) is -1.30. The van der Waals surface area contributed by atoms with Gasteiger partial charge in [0.25, 0.3) is 5.69 Å². The maximum absolute atomic E-state index is 12.1. The topological polar surface area (TPSA) is 127 Å². The van der Waals surface area contributed by atoms with Crippen LogP contribution < -0.4 is 5.32 Å². The van der Waals surface area contributed by atoms with Crippen LogP contribution >= 0.6 is 11.3 Å². The van der Waals surface area contributed by atoms with Gasteiger partial charge in [-0.3, -0.25) is 10.1 Å². The monoisotopic (exact) mass is 564 g/mol. The van der Waals surface area contributed by atoms with Crippen molar-refractivity contribution in [2.45, 2.75) is 12.1 Å². The fourth-order valence-corrected chi connectivity index (χ4v) is 5.21. The number of nitrogens with one attached hydrogen (secondary N) is 1. The summed E-state index contributed by atoms with van der Waals surface area (Å²) in [5, 5.41) is 30.2. The summed E-state index contributed by atoms with van der Waals surface area (Å²) >= 11 is 1.25. The molecule has 0 radical (unpaired) electrons. The Morgan fingerprint density at radius 2 is 1.39 bits per heavy atom. The number of anilines is 1. The number of oxime groups is 1. The van der Waals surface area contributed by atoms with Gasteiger partial charge in [0.15, 0.2) is 5.13 Å². The van der Waals surface area contributed by atoms with Crippen molar-refractivity contribution in [3.63, 3.8) is 0 Å². The third-order valence-electron chi connectivity index (χ3n) is 6.40. The quantitative estimate of drug-likeness (QED) is 0.0816. The molecule has 9 nitrogen and oxygen atoms in total. The molecule has 1 heterocycles. The molecule has 0 fully saturated rings. The van der Waals surface area contributed by atoms with Crippen LogP contribution in [0.25, 0.3) is 0 Å². The highest BCUT2D eigenvalue weighted by Gasteiger charge is 2.37. The van der Waals surface area contributed by atoms with Crippen molar-refractivity contribution in [1.82, 2.24) is 4.98 Å². The second-order valence-corrected chi connectivity index (χ2v) is 9.81. The number of aromatic nitrogens is 1. The summed E-state index contributed by atoms with van der Waals surface area (Å²) in [4.78, 5) is 32.3. The number of carboxylic acid groups (broad SMARTS) is 1. The smallest absolute Gasteiger partial charge is 0.360 e. The van der Waals surface area contributed by atoms with Crippen molar-refractivity contribution in [3.05, 3.63) is 159 Å². The highest BCUT2D eigenvalue weighted by atomic mass is 32.1. The van der Waals surface area contributed by atoms with Crippen LogP contribution in [-0.4, -0.2) is 26.7 Å². The molecule has 4 aromatic carbocycles. The van der Waals surface area contributed by atoms with Gasteiger partial charge in [0.1, 0.15) is 17.8 Å². The van der Waals surface area contributed by atoms with E-state index in [1.165, 1.54) is 35.6 Å². The highest BCUT2D eigenvalue weighted by Crippen LogP contribution is 2.40. The molecule has 0 aliphatic carbocycles. The van der Waals surface area contributed by atoms with Crippen molar-refractivity contribution < 1.29 is 19.7 Å². The molecule has 0 saturated carbocycles. The van der Waals surface area contributed by atoms with Gasteiger partial charge in [-0.1, -0.05) is 96.2 Å². The Morgan fingerprint density at radius 1 is 0.878 bits per heavy atom. The number of rotatable bonds is 11. The number of nitro groups is 1. The molecule has 1 aromatic heterocycles. The Bertz CT molecular complexity index is 1560. The van der Waals surface area contributed by atoms with Gasteiger partial charge in [-0.05, 0) is 34.4 Å². The maximum atomic E-state index is 12.1. The molecule has 0 saturated heterocycles. The summed E-state index contributed by atoms with van der Waals surface area (Å²) < 4.78 is 0. The molecule has 5 aromatic rings. The molecule has 0 aliphatic rings. The lowest BCUT2D eigenvalue weighted by Gasteiger charge is -2.36. The van der Waals surface area contributed by atoms with E-state index in [0.717, 1.165) is 16.7 Å². The summed E-state index contributed by atoms with van der Waals surface area (Å²) in [5.41, 5.74) is 2.43. The zero-order valence-electron chi connectivity index (χ0n) is 21.6. The van der Waals surface area contributed by atoms with E-state index in [1.807, 2.05) is 91.0 Å². The van der Waals surface area contributed by atoms with Gasteiger partial charge >= 0.3 is 5.97 Å². The number of carboxylic acids is 1. The number of thiazole rings is 1. The molecule has 0 aliphatic heterocycles. The van der Waals surface area contributed by atoms with E-state index in [1.54, 1.807) is 5.38 Å². The number of non-ortho nitro benzene ring substituents is 1. The average molecular weight is 565 g/mol. The number of hydrogen-bond donors (Lipinski definition) is 2. The zero-order valence-corrected chi connectivity index (χ0v) is 22.4. The fourth-order valence-electron chi connectivity index (χ4n) is 4.46. The van der Waals surface area contributed by atoms with E-state index >= 15 is 0 Å². The lowest BCUT2D eigenvalue weighted by molar-refractivity contribution is -0.384. The minimum Gasteiger partial charge on any atom is -0.476 e. The van der Waals surface area contributed by atoms with E-state index in [2.05, 4.69) is 15.5 Å². The van der Waals surface area contributed by atoms with Gasteiger partial charge in [0, 0.05) is 17.5 Å². The van der Waals surface area contributed by atoms with Crippen molar-refractivity contribution in [2.75, 3.05) is 5.32 Å². The highest BCUT2D eigenvalue weighted by molar-refractivity contribution is 7.14. The summed E-state index contributed by atoms with van der Waals surface area (Å²) in [7, 11) is 0. The Kier molecular flexibility index (Phi) is 8.12. The Labute approximate surface area is 239 Å². The van der Waals surface area contributed by atoms with Crippen LogP contribution in [0.2, 0.25) is 0 Å². The predicted octanol–water partition coefficient (Wildman–Crippen LogP) is 6.46. The first-order valence-electron chi connectivity index (χ1n) is 12.5. The average Bonchev–Trinajstić information content (AvgIpc) is 3.47. The van der Waals surface area contributed by atoms with Crippen LogP contribution in [0.4, 0.5) is 10.8 Å². The zero-order chi connectivity index (χ0) is 28.7. The molecule has 2 N–H and O–H groups in total. The molecule has 0 atom stereocenters. The molecule has 10 heteroatoms.